The zero-order valence-electron chi connectivity index (χ0n) is 17.2. The fourth-order valence-corrected chi connectivity index (χ4v) is 6.32. The van der Waals surface area contributed by atoms with Crippen molar-refractivity contribution in [1.82, 2.24) is 19.9 Å². The maximum Gasteiger partial charge on any atom is 0.243 e. The van der Waals surface area contributed by atoms with Crippen LogP contribution in [0, 0.1) is 11.8 Å². The molecule has 2 bridgehead atoms. The van der Waals surface area contributed by atoms with Gasteiger partial charge in [0.05, 0.1) is 4.90 Å². The number of benzene rings is 1. The monoisotopic (exact) mass is 442 g/mol. The molecule has 2 amide bonds. The standard InChI is InChI=1S/C22H26N4O4S/c27-21(20-15-6-7-17(12-15)26(20)22(28)14-4-5-14)24-10-11-25-31(29,30)19-3-1-2-16-13-23-9-8-18(16)19/h1-3,8-9,13-15,17,20,25H,4-7,10-12H2,(H,24,27). The molecule has 5 rings (SSSR count). The number of piperidine rings is 1. The highest BCUT2D eigenvalue weighted by Crippen LogP contribution is 2.45. The van der Waals surface area contributed by atoms with Crippen LogP contribution in [0.4, 0.5) is 0 Å². The molecule has 1 aromatic heterocycles. The molecule has 2 N–H and O–H groups in total. The van der Waals surface area contributed by atoms with Gasteiger partial charge in [0.1, 0.15) is 6.04 Å². The predicted octanol–water partition coefficient (Wildman–Crippen LogP) is 1.42. The van der Waals surface area contributed by atoms with Crippen LogP contribution in [0.25, 0.3) is 10.8 Å². The zero-order chi connectivity index (χ0) is 21.6. The number of hydrogen-bond acceptors (Lipinski definition) is 5. The minimum Gasteiger partial charge on any atom is -0.353 e. The van der Waals surface area contributed by atoms with Crippen LogP contribution in [0.1, 0.15) is 32.1 Å². The number of hydrogen-bond donors (Lipinski definition) is 2. The summed E-state index contributed by atoms with van der Waals surface area (Å²) in [7, 11) is -3.73. The number of aromatic nitrogens is 1. The summed E-state index contributed by atoms with van der Waals surface area (Å²) in [6.07, 6.45) is 7.89. The molecule has 31 heavy (non-hydrogen) atoms. The molecule has 2 saturated carbocycles. The average molecular weight is 443 g/mol. The van der Waals surface area contributed by atoms with E-state index in [1.807, 2.05) is 11.0 Å². The van der Waals surface area contributed by atoms with Crippen molar-refractivity contribution in [1.29, 1.82) is 0 Å². The van der Waals surface area contributed by atoms with E-state index in [4.69, 9.17) is 0 Å². The topological polar surface area (TPSA) is 108 Å². The lowest BCUT2D eigenvalue weighted by molar-refractivity contribution is -0.143. The molecule has 8 nitrogen and oxygen atoms in total. The molecule has 3 fully saturated rings. The van der Waals surface area contributed by atoms with Crippen molar-refractivity contribution in [3.05, 3.63) is 36.7 Å². The number of rotatable bonds is 7. The van der Waals surface area contributed by atoms with E-state index < -0.39 is 16.1 Å². The van der Waals surface area contributed by atoms with Crippen molar-refractivity contribution < 1.29 is 18.0 Å². The van der Waals surface area contributed by atoms with E-state index in [9.17, 15) is 18.0 Å². The van der Waals surface area contributed by atoms with Crippen LogP contribution in [0.3, 0.4) is 0 Å². The van der Waals surface area contributed by atoms with Gasteiger partial charge >= 0.3 is 0 Å². The van der Waals surface area contributed by atoms with E-state index in [0.717, 1.165) is 37.5 Å². The lowest BCUT2D eigenvalue weighted by Gasteiger charge is -2.34. The van der Waals surface area contributed by atoms with Gasteiger partial charge in [-0.15, -0.1) is 0 Å². The van der Waals surface area contributed by atoms with Gasteiger partial charge in [-0.05, 0) is 50.2 Å². The third kappa shape index (κ3) is 3.80. The minimum atomic E-state index is -3.73. The molecular formula is C22H26N4O4S. The van der Waals surface area contributed by atoms with Gasteiger partial charge in [0.25, 0.3) is 0 Å². The van der Waals surface area contributed by atoms with Gasteiger partial charge in [-0.2, -0.15) is 0 Å². The Morgan fingerprint density at radius 3 is 2.74 bits per heavy atom. The zero-order valence-corrected chi connectivity index (χ0v) is 18.0. The van der Waals surface area contributed by atoms with Crippen LogP contribution < -0.4 is 10.0 Å². The van der Waals surface area contributed by atoms with E-state index in [0.29, 0.717) is 5.39 Å². The van der Waals surface area contributed by atoms with Crippen LogP contribution in [0.2, 0.25) is 0 Å². The number of sulfonamides is 1. The van der Waals surface area contributed by atoms with Gasteiger partial charge in [0, 0.05) is 48.2 Å². The molecule has 3 unspecified atom stereocenters. The summed E-state index contributed by atoms with van der Waals surface area (Å²) >= 11 is 0. The average Bonchev–Trinajstić information content (AvgIpc) is 3.43. The molecule has 1 aromatic carbocycles. The Bertz CT molecular complexity index is 1130. The largest absolute Gasteiger partial charge is 0.353 e. The highest BCUT2D eigenvalue weighted by atomic mass is 32.2. The first-order valence-electron chi connectivity index (χ1n) is 10.9. The van der Waals surface area contributed by atoms with Crippen LogP contribution in [-0.4, -0.2) is 55.3 Å². The van der Waals surface area contributed by atoms with Crippen LogP contribution in [0.15, 0.2) is 41.6 Å². The van der Waals surface area contributed by atoms with Gasteiger partial charge in [-0.3, -0.25) is 14.6 Å². The second-order valence-corrected chi connectivity index (χ2v) is 10.5. The fraction of sp³-hybridized carbons (Fsp3) is 0.500. The Labute approximate surface area is 181 Å². The highest BCUT2D eigenvalue weighted by Gasteiger charge is 2.53. The van der Waals surface area contributed by atoms with Crippen molar-refractivity contribution in [2.75, 3.05) is 13.1 Å². The van der Waals surface area contributed by atoms with Crippen molar-refractivity contribution in [3.63, 3.8) is 0 Å². The van der Waals surface area contributed by atoms with Gasteiger partial charge in [-0.1, -0.05) is 12.1 Å². The van der Waals surface area contributed by atoms with Crippen LogP contribution in [-0.2, 0) is 19.6 Å². The Hall–Kier alpha value is -2.52. The molecule has 3 aliphatic rings. The van der Waals surface area contributed by atoms with E-state index in [1.54, 1.807) is 30.6 Å². The lowest BCUT2D eigenvalue weighted by Crippen LogP contribution is -2.54. The van der Waals surface area contributed by atoms with Crippen molar-refractivity contribution in [2.24, 2.45) is 11.8 Å². The number of carbonyl (C=O) groups excluding carboxylic acids is 2. The number of fused-ring (bicyclic) bond motifs is 3. The summed E-state index contributed by atoms with van der Waals surface area (Å²) in [4.78, 5) is 31.6. The maximum absolute atomic E-state index is 12.9. The first-order valence-corrected chi connectivity index (χ1v) is 12.4. The number of likely N-dealkylation sites (tertiary alicyclic amines) is 1. The van der Waals surface area contributed by atoms with Gasteiger partial charge in [-0.25, -0.2) is 13.1 Å². The first kappa shape index (κ1) is 20.4. The number of amides is 2. The van der Waals surface area contributed by atoms with E-state index >= 15 is 0 Å². The summed E-state index contributed by atoms with van der Waals surface area (Å²) in [5.41, 5.74) is 0. The molecule has 1 saturated heterocycles. The van der Waals surface area contributed by atoms with E-state index in [2.05, 4.69) is 15.0 Å². The van der Waals surface area contributed by atoms with E-state index in [1.165, 1.54) is 0 Å². The van der Waals surface area contributed by atoms with Crippen molar-refractivity contribution >= 4 is 32.6 Å². The minimum absolute atomic E-state index is 0.0763. The number of pyridine rings is 1. The molecule has 2 aromatic rings. The van der Waals surface area contributed by atoms with Crippen LogP contribution >= 0.6 is 0 Å². The highest BCUT2D eigenvalue weighted by molar-refractivity contribution is 7.89. The summed E-state index contributed by atoms with van der Waals surface area (Å²) in [6.45, 7) is 0.247. The molecule has 2 heterocycles. The molecular weight excluding hydrogens is 416 g/mol. The Kier molecular flexibility index (Phi) is 5.18. The lowest BCUT2D eigenvalue weighted by atomic mass is 9.97. The third-order valence-electron chi connectivity index (χ3n) is 6.68. The summed E-state index contributed by atoms with van der Waals surface area (Å²) < 4.78 is 28.1. The molecule has 9 heteroatoms. The summed E-state index contributed by atoms with van der Waals surface area (Å²) in [6, 6.07) is 6.50. The van der Waals surface area contributed by atoms with Crippen molar-refractivity contribution in [2.45, 2.75) is 49.1 Å². The normalized spacial score (nSPS) is 25.2. The SMILES string of the molecule is O=C(NCCNS(=O)(=O)c1cccc2cnccc12)C1C2CCC(C2)N1C(=O)C1CC1. The molecule has 0 radical (unpaired) electrons. The quantitative estimate of drug-likeness (QED) is 0.631. The maximum atomic E-state index is 12.9. The van der Waals surface area contributed by atoms with Crippen molar-refractivity contribution in [3.8, 4) is 0 Å². The number of nitrogens with zero attached hydrogens (tertiary/aromatic N) is 2. The Morgan fingerprint density at radius 1 is 1.10 bits per heavy atom. The molecule has 3 atom stereocenters. The number of carbonyl (C=O) groups is 2. The molecule has 164 valence electrons. The Balaban J connectivity index is 1.20. The first-order chi connectivity index (χ1) is 15.0. The van der Waals surface area contributed by atoms with Gasteiger partial charge < -0.3 is 10.2 Å². The van der Waals surface area contributed by atoms with Crippen LogP contribution in [0.5, 0.6) is 0 Å². The molecule has 0 spiro atoms. The summed E-state index contributed by atoms with van der Waals surface area (Å²) in [5.74, 6) is 0.265. The van der Waals surface area contributed by atoms with Gasteiger partial charge in [0.2, 0.25) is 21.8 Å². The van der Waals surface area contributed by atoms with Gasteiger partial charge in [0.15, 0.2) is 0 Å². The summed E-state index contributed by atoms with van der Waals surface area (Å²) in [5, 5.41) is 4.19. The fourth-order valence-electron chi connectivity index (χ4n) is 5.06. The molecule has 2 aliphatic carbocycles. The second-order valence-electron chi connectivity index (χ2n) is 8.73. The Morgan fingerprint density at radius 2 is 1.94 bits per heavy atom. The number of nitrogens with one attached hydrogen (secondary N) is 2. The second kappa shape index (κ2) is 7.87. The smallest absolute Gasteiger partial charge is 0.243 e. The third-order valence-corrected chi connectivity index (χ3v) is 8.20. The van der Waals surface area contributed by atoms with E-state index in [-0.39, 0.29) is 47.7 Å². The molecule has 1 aliphatic heterocycles. The predicted molar refractivity (Wildman–Crippen MR) is 114 cm³/mol.